The molecule has 1 N–H and O–H groups in total. The van der Waals surface area contributed by atoms with Gasteiger partial charge < -0.3 is 14.7 Å². The van der Waals surface area contributed by atoms with Crippen molar-refractivity contribution in [2.24, 2.45) is 5.92 Å². The van der Waals surface area contributed by atoms with E-state index in [2.05, 4.69) is 12.6 Å². The lowest BCUT2D eigenvalue weighted by Crippen LogP contribution is -2.50. The first kappa shape index (κ1) is 22.2. The summed E-state index contributed by atoms with van der Waals surface area (Å²) in [4.78, 5) is 0. The lowest BCUT2D eigenvalue weighted by Gasteiger charge is -2.40. The van der Waals surface area contributed by atoms with Crippen LogP contribution in [0.3, 0.4) is 0 Å². The third-order valence-electron chi connectivity index (χ3n) is 4.64. The van der Waals surface area contributed by atoms with E-state index in [1.807, 2.05) is 20.8 Å². The van der Waals surface area contributed by atoms with Crippen LogP contribution in [0.25, 0.3) is 0 Å². The maximum absolute atomic E-state index is 13.1. The Bertz CT molecular complexity index is 598. The van der Waals surface area contributed by atoms with Crippen molar-refractivity contribution in [1.82, 2.24) is 5.06 Å². The predicted molar refractivity (Wildman–Crippen MR) is 101 cm³/mol. The molecular weight excluding hydrogens is 379 g/mol. The normalized spacial score (nSPS) is 24.3. The molecule has 0 aromatic heterocycles. The van der Waals surface area contributed by atoms with Gasteiger partial charge in [-0.3, -0.25) is 0 Å². The zero-order chi connectivity index (χ0) is 20.2. The van der Waals surface area contributed by atoms with Gasteiger partial charge in [0, 0.05) is 30.7 Å². The summed E-state index contributed by atoms with van der Waals surface area (Å²) in [7, 11) is 0. The molecule has 1 aliphatic heterocycles. The van der Waals surface area contributed by atoms with E-state index in [-0.39, 0.29) is 29.9 Å². The van der Waals surface area contributed by atoms with Gasteiger partial charge in [0.05, 0.1) is 12.2 Å². The molecule has 0 unspecified atom stereocenters. The monoisotopic (exact) mass is 407 g/mol. The van der Waals surface area contributed by atoms with Crippen LogP contribution in [0, 0.1) is 5.92 Å². The van der Waals surface area contributed by atoms with Crippen molar-refractivity contribution in [3.63, 3.8) is 0 Å². The number of hydrogen-bond donors (Lipinski definition) is 2. The van der Waals surface area contributed by atoms with Gasteiger partial charge in [0.1, 0.15) is 6.10 Å². The average molecular weight is 407 g/mol. The second-order valence-electron chi connectivity index (χ2n) is 7.35. The van der Waals surface area contributed by atoms with Crippen molar-refractivity contribution in [2.45, 2.75) is 64.4 Å². The number of hydroxylamine groups is 2. The fourth-order valence-corrected chi connectivity index (χ4v) is 3.47. The van der Waals surface area contributed by atoms with E-state index in [4.69, 9.17) is 9.47 Å². The average Bonchev–Trinajstić information content (AvgIpc) is 2.61. The Morgan fingerprint density at radius 3 is 2.44 bits per heavy atom. The summed E-state index contributed by atoms with van der Waals surface area (Å²) < 4.78 is 50.8. The Labute approximate surface area is 164 Å². The SMILES string of the molecule is CC[C@@H]1C[C@H](Oc2ccc(C(F)(F)F)cc2OCC(C)C)C[C@H](CS)N1O. The highest BCUT2D eigenvalue weighted by atomic mass is 32.1. The molecule has 2 rings (SSSR count). The number of thiol groups is 1. The molecule has 0 saturated carbocycles. The van der Waals surface area contributed by atoms with E-state index in [1.165, 1.54) is 11.1 Å². The van der Waals surface area contributed by atoms with Gasteiger partial charge in [-0.2, -0.15) is 30.9 Å². The summed E-state index contributed by atoms with van der Waals surface area (Å²) in [6.07, 6.45) is -2.80. The van der Waals surface area contributed by atoms with Gasteiger partial charge in [-0.25, -0.2) is 0 Å². The van der Waals surface area contributed by atoms with Crippen LogP contribution in [0.1, 0.15) is 45.6 Å². The largest absolute Gasteiger partial charge is 0.489 e. The third kappa shape index (κ3) is 5.93. The highest BCUT2D eigenvalue weighted by molar-refractivity contribution is 7.80. The summed E-state index contributed by atoms with van der Waals surface area (Å²) in [6.45, 7) is 6.12. The van der Waals surface area contributed by atoms with Gasteiger partial charge in [-0.15, -0.1) is 0 Å². The standard InChI is InChI=1S/C19H28F3NO3S/c1-4-14-8-16(9-15(11-27)23(14)24)26-17-6-5-13(19(20,21)22)7-18(17)25-10-12(2)3/h5-7,12,14-16,24,27H,4,8-11H2,1-3H3/t14-,15-,16+/m1/s1. The molecule has 0 amide bonds. The highest BCUT2D eigenvalue weighted by Gasteiger charge is 2.36. The van der Waals surface area contributed by atoms with Gasteiger partial charge in [0.2, 0.25) is 0 Å². The Balaban J connectivity index is 2.23. The minimum atomic E-state index is -4.44. The summed E-state index contributed by atoms with van der Waals surface area (Å²) >= 11 is 4.28. The molecule has 0 radical (unpaired) electrons. The lowest BCUT2D eigenvalue weighted by atomic mass is 9.94. The van der Waals surface area contributed by atoms with E-state index < -0.39 is 11.7 Å². The number of halogens is 3. The quantitative estimate of drug-likeness (QED) is 0.621. The molecule has 1 aliphatic rings. The van der Waals surface area contributed by atoms with E-state index in [0.717, 1.165) is 18.6 Å². The van der Waals surface area contributed by atoms with Gasteiger partial charge >= 0.3 is 6.18 Å². The molecular formula is C19H28F3NO3S. The molecule has 0 bridgehead atoms. The maximum Gasteiger partial charge on any atom is 0.416 e. The molecule has 4 nitrogen and oxygen atoms in total. The minimum Gasteiger partial charge on any atom is -0.489 e. The summed E-state index contributed by atoms with van der Waals surface area (Å²) in [5, 5.41) is 11.5. The lowest BCUT2D eigenvalue weighted by molar-refractivity contribution is -0.186. The zero-order valence-electron chi connectivity index (χ0n) is 15.9. The van der Waals surface area contributed by atoms with E-state index in [0.29, 0.717) is 31.0 Å². The fourth-order valence-electron chi connectivity index (χ4n) is 3.16. The first-order valence-electron chi connectivity index (χ1n) is 9.24. The van der Waals surface area contributed by atoms with Crippen molar-refractivity contribution in [3.8, 4) is 11.5 Å². The first-order valence-corrected chi connectivity index (χ1v) is 9.87. The number of piperidine rings is 1. The van der Waals surface area contributed by atoms with Gasteiger partial charge in [-0.05, 0) is 30.5 Å². The number of benzene rings is 1. The second-order valence-corrected chi connectivity index (χ2v) is 7.72. The van der Waals surface area contributed by atoms with Crippen molar-refractivity contribution in [3.05, 3.63) is 23.8 Å². The predicted octanol–water partition coefficient (Wildman–Crippen LogP) is 5.05. The molecule has 1 heterocycles. The van der Waals surface area contributed by atoms with Crippen LogP contribution >= 0.6 is 12.6 Å². The molecule has 8 heteroatoms. The summed E-state index contributed by atoms with van der Waals surface area (Å²) in [6, 6.07) is 3.08. The smallest absolute Gasteiger partial charge is 0.416 e. The molecule has 0 aliphatic carbocycles. The number of nitrogens with zero attached hydrogens (tertiary/aromatic N) is 1. The summed E-state index contributed by atoms with van der Waals surface area (Å²) in [5.74, 6) is 1.03. The van der Waals surface area contributed by atoms with Crippen LogP contribution in [0.15, 0.2) is 18.2 Å². The number of ether oxygens (including phenoxy) is 2. The minimum absolute atomic E-state index is 0.0737. The molecule has 154 valence electrons. The van der Waals surface area contributed by atoms with E-state index in [9.17, 15) is 18.4 Å². The number of alkyl halides is 3. The van der Waals surface area contributed by atoms with Crippen LogP contribution in [-0.2, 0) is 6.18 Å². The molecule has 1 saturated heterocycles. The van der Waals surface area contributed by atoms with Crippen molar-refractivity contribution >= 4 is 12.6 Å². The number of hydrogen-bond acceptors (Lipinski definition) is 5. The maximum atomic E-state index is 13.1. The zero-order valence-corrected chi connectivity index (χ0v) is 16.8. The van der Waals surface area contributed by atoms with Crippen LogP contribution in [-0.4, -0.2) is 40.8 Å². The Morgan fingerprint density at radius 2 is 1.89 bits per heavy atom. The first-order chi connectivity index (χ1) is 12.7. The van der Waals surface area contributed by atoms with Crippen LogP contribution in [0.4, 0.5) is 13.2 Å². The molecule has 3 atom stereocenters. The Morgan fingerprint density at radius 1 is 1.22 bits per heavy atom. The highest BCUT2D eigenvalue weighted by Crippen LogP contribution is 2.38. The fraction of sp³-hybridized carbons (Fsp3) is 0.684. The van der Waals surface area contributed by atoms with Crippen molar-refractivity contribution in [2.75, 3.05) is 12.4 Å². The van der Waals surface area contributed by atoms with Crippen molar-refractivity contribution in [1.29, 1.82) is 0 Å². The van der Waals surface area contributed by atoms with Crippen LogP contribution in [0.2, 0.25) is 0 Å². The molecule has 1 aromatic rings. The second kappa shape index (κ2) is 9.39. The van der Waals surface area contributed by atoms with Crippen LogP contribution in [0.5, 0.6) is 11.5 Å². The van der Waals surface area contributed by atoms with E-state index in [1.54, 1.807) is 0 Å². The van der Waals surface area contributed by atoms with Crippen LogP contribution < -0.4 is 9.47 Å². The van der Waals surface area contributed by atoms with Gasteiger partial charge in [-0.1, -0.05) is 20.8 Å². The van der Waals surface area contributed by atoms with Gasteiger partial charge in [0.25, 0.3) is 0 Å². The Hall–Kier alpha value is -1.12. The number of rotatable bonds is 7. The topological polar surface area (TPSA) is 41.9 Å². The molecule has 0 spiro atoms. The molecule has 1 fully saturated rings. The molecule has 1 aromatic carbocycles. The molecule has 27 heavy (non-hydrogen) atoms. The van der Waals surface area contributed by atoms with Crippen molar-refractivity contribution < 1.29 is 27.9 Å². The van der Waals surface area contributed by atoms with Gasteiger partial charge in [0.15, 0.2) is 11.5 Å². The Kier molecular flexibility index (Phi) is 7.71. The van der Waals surface area contributed by atoms with E-state index >= 15 is 0 Å². The third-order valence-corrected chi connectivity index (χ3v) is 5.06. The summed E-state index contributed by atoms with van der Waals surface area (Å²) in [5.41, 5.74) is -0.765.